The number of amides is 2. The predicted molar refractivity (Wildman–Crippen MR) is 72.5 cm³/mol. The second kappa shape index (κ2) is 8.26. The van der Waals surface area contributed by atoms with Crippen LogP contribution in [0.3, 0.4) is 0 Å². The van der Waals surface area contributed by atoms with Crippen LogP contribution in [0.4, 0.5) is 0 Å². The van der Waals surface area contributed by atoms with Crippen LogP contribution in [0.2, 0.25) is 0 Å². The van der Waals surface area contributed by atoms with Crippen molar-refractivity contribution in [1.82, 2.24) is 10.6 Å². The second-order valence-electron chi connectivity index (χ2n) is 4.08. The molecule has 1 atom stereocenters. The molecule has 0 saturated heterocycles. The Kier molecular flexibility index (Phi) is 6.60. The highest BCUT2D eigenvalue weighted by atomic mass is 16.5. The van der Waals surface area contributed by atoms with Gasteiger partial charge in [0.15, 0.2) is 0 Å². The lowest BCUT2D eigenvalue weighted by Gasteiger charge is -2.17. The van der Waals surface area contributed by atoms with Crippen molar-refractivity contribution in [1.29, 1.82) is 0 Å². The second-order valence-corrected chi connectivity index (χ2v) is 4.08. The molecule has 0 saturated carbocycles. The maximum absolute atomic E-state index is 11.8. The van der Waals surface area contributed by atoms with Gasteiger partial charge in [0.1, 0.15) is 12.6 Å². The molecular weight excluding hydrogens is 244 g/mol. The highest BCUT2D eigenvalue weighted by molar-refractivity contribution is 5.88. The number of nitrogens with one attached hydrogen (secondary N) is 2. The Hall–Kier alpha value is -1.88. The summed E-state index contributed by atoms with van der Waals surface area (Å²) in [5, 5.41) is 5.21. The fraction of sp³-hybridized carbons (Fsp3) is 0.429. The summed E-state index contributed by atoms with van der Waals surface area (Å²) in [5.41, 5.74) is 0.741. The molecule has 5 heteroatoms. The first kappa shape index (κ1) is 15.2. The molecule has 0 aliphatic rings. The van der Waals surface area contributed by atoms with E-state index in [0.29, 0.717) is 6.61 Å². The van der Waals surface area contributed by atoms with E-state index in [2.05, 4.69) is 10.6 Å². The maximum Gasteiger partial charge on any atom is 0.246 e. The van der Waals surface area contributed by atoms with E-state index in [0.717, 1.165) is 12.0 Å². The van der Waals surface area contributed by atoms with Crippen LogP contribution in [0, 0.1) is 0 Å². The molecule has 1 rings (SSSR count). The molecular formula is C14H20N2O3. The Bertz CT molecular complexity index is 406. The number of rotatable bonds is 7. The van der Waals surface area contributed by atoms with Crippen LogP contribution in [0.25, 0.3) is 0 Å². The predicted octanol–water partition coefficient (Wildman–Crippen LogP) is 1.02. The van der Waals surface area contributed by atoms with Crippen LogP contribution in [-0.4, -0.2) is 32.1 Å². The highest BCUT2D eigenvalue weighted by Crippen LogP contribution is 2.12. The third kappa shape index (κ3) is 5.09. The van der Waals surface area contributed by atoms with Crippen LogP contribution < -0.4 is 10.6 Å². The number of likely N-dealkylation sites (N-methyl/N-ethyl adjacent to an activating group) is 1. The topological polar surface area (TPSA) is 67.4 Å². The smallest absolute Gasteiger partial charge is 0.246 e. The van der Waals surface area contributed by atoms with E-state index >= 15 is 0 Å². The number of hydrogen-bond acceptors (Lipinski definition) is 3. The van der Waals surface area contributed by atoms with Crippen molar-refractivity contribution >= 4 is 11.8 Å². The molecule has 2 N–H and O–H groups in total. The molecule has 1 aromatic rings. The molecule has 0 fully saturated rings. The molecule has 0 aliphatic heterocycles. The molecule has 0 radical (unpaired) electrons. The third-order valence-electron chi connectivity index (χ3n) is 2.53. The first-order valence-corrected chi connectivity index (χ1v) is 6.32. The molecule has 0 unspecified atom stereocenters. The molecule has 5 nitrogen and oxygen atoms in total. The minimum atomic E-state index is -0.691. The van der Waals surface area contributed by atoms with Gasteiger partial charge in [0.05, 0.1) is 0 Å². The van der Waals surface area contributed by atoms with Crippen molar-refractivity contribution in [3.05, 3.63) is 35.9 Å². The van der Waals surface area contributed by atoms with Gasteiger partial charge in [-0.2, -0.15) is 0 Å². The standard InChI is InChI=1S/C14H20N2O3/c1-3-9-19-10-12(17)16-13(14(18)15-2)11-7-5-4-6-8-11/h4-8,13H,3,9-10H2,1-2H3,(H,15,18)(H,16,17)/t13-/m1/s1. The van der Waals surface area contributed by atoms with E-state index in [1.807, 2.05) is 25.1 Å². The van der Waals surface area contributed by atoms with E-state index < -0.39 is 6.04 Å². The van der Waals surface area contributed by atoms with Gasteiger partial charge in [0.25, 0.3) is 0 Å². The largest absolute Gasteiger partial charge is 0.372 e. The van der Waals surface area contributed by atoms with Crippen LogP contribution in [0.5, 0.6) is 0 Å². The molecule has 104 valence electrons. The van der Waals surface area contributed by atoms with Gasteiger partial charge in [-0.1, -0.05) is 37.3 Å². The summed E-state index contributed by atoms with van der Waals surface area (Å²) in [6.07, 6.45) is 0.852. The summed E-state index contributed by atoms with van der Waals surface area (Å²) in [7, 11) is 1.54. The van der Waals surface area contributed by atoms with Crippen molar-refractivity contribution in [3.63, 3.8) is 0 Å². The first-order chi connectivity index (χ1) is 9.19. The van der Waals surface area contributed by atoms with E-state index in [1.54, 1.807) is 12.1 Å². The molecule has 0 spiro atoms. The van der Waals surface area contributed by atoms with Gasteiger partial charge in [0, 0.05) is 13.7 Å². The summed E-state index contributed by atoms with van der Waals surface area (Å²) in [4.78, 5) is 23.5. The third-order valence-corrected chi connectivity index (χ3v) is 2.53. The summed E-state index contributed by atoms with van der Waals surface area (Å²) in [6, 6.07) is 8.41. The van der Waals surface area contributed by atoms with Crippen LogP contribution in [0.1, 0.15) is 24.9 Å². The van der Waals surface area contributed by atoms with Crippen molar-refractivity contribution in [2.24, 2.45) is 0 Å². The van der Waals surface area contributed by atoms with E-state index in [-0.39, 0.29) is 18.4 Å². The van der Waals surface area contributed by atoms with Crippen LogP contribution in [-0.2, 0) is 14.3 Å². The molecule has 1 aromatic carbocycles. The van der Waals surface area contributed by atoms with Gasteiger partial charge in [-0.05, 0) is 12.0 Å². The first-order valence-electron chi connectivity index (χ1n) is 6.32. The Morgan fingerprint density at radius 2 is 1.95 bits per heavy atom. The van der Waals surface area contributed by atoms with Gasteiger partial charge in [-0.3, -0.25) is 9.59 Å². The normalized spacial score (nSPS) is 11.7. The molecule has 0 aromatic heterocycles. The number of benzene rings is 1. The lowest BCUT2D eigenvalue weighted by atomic mass is 10.1. The fourth-order valence-corrected chi connectivity index (χ4v) is 1.60. The van der Waals surface area contributed by atoms with Crippen molar-refractivity contribution < 1.29 is 14.3 Å². The Balaban J connectivity index is 2.66. The van der Waals surface area contributed by atoms with Gasteiger partial charge in [-0.25, -0.2) is 0 Å². The molecule has 0 aliphatic carbocycles. The monoisotopic (exact) mass is 264 g/mol. The van der Waals surface area contributed by atoms with Crippen LogP contribution in [0.15, 0.2) is 30.3 Å². The zero-order valence-electron chi connectivity index (χ0n) is 11.3. The van der Waals surface area contributed by atoms with Gasteiger partial charge < -0.3 is 15.4 Å². The van der Waals surface area contributed by atoms with Gasteiger partial charge in [-0.15, -0.1) is 0 Å². The van der Waals surface area contributed by atoms with Crippen molar-refractivity contribution in [3.8, 4) is 0 Å². The van der Waals surface area contributed by atoms with E-state index in [4.69, 9.17) is 4.74 Å². The Morgan fingerprint density at radius 1 is 1.26 bits per heavy atom. The number of carbonyl (C=O) groups excluding carboxylic acids is 2. The minimum absolute atomic E-state index is 0.0336. The average Bonchev–Trinajstić information content (AvgIpc) is 2.45. The molecule has 0 heterocycles. The van der Waals surface area contributed by atoms with Crippen LogP contribution >= 0.6 is 0 Å². The average molecular weight is 264 g/mol. The van der Waals surface area contributed by atoms with Gasteiger partial charge >= 0.3 is 0 Å². The summed E-state index contributed by atoms with van der Waals surface area (Å²) in [5.74, 6) is -0.555. The number of ether oxygens (including phenoxy) is 1. The highest BCUT2D eigenvalue weighted by Gasteiger charge is 2.21. The summed E-state index contributed by atoms with van der Waals surface area (Å²) >= 11 is 0. The zero-order chi connectivity index (χ0) is 14.1. The maximum atomic E-state index is 11.8. The van der Waals surface area contributed by atoms with Gasteiger partial charge in [0.2, 0.25) is 11.8 Å². The van der Waals surface area contributed by atoms with E-state index in [9.17, 15) is 9.59 Å². The SMILES string of the molecule is CCCOCC(=O)N[C@@H](C(=O)NC)c1ccccc1. The Morgan fingerprint density at radius 3 is 2.53 bits per heavy atom. The van der Waals surface area contributed by atoms with E-state index in [1.165, 1.54) is 7.05 Å². The summed E-state index contributed by atoms with van der Waals surface area (Å²) < 4.78 is 5.15. The molecule has 2 amide bonds. The quantitative estimate of drug-likeness (QED) is 0.722. The van der Waals surface area contributed by atoms with Crippen molar-refractivity contribution in [2.75, 3.05) is 20.3 Å². The Labute approximate surface area is 113 Å². The lowest BCUT2D eigenvalue weighted by Crippen LogP contribution is -2.40. The fourth-order valence-electron chi connectivity index (χ4n) is 1.60. The molecule has 0 bridgehead atoms. The minimum Gasteiger partial charge on any atom is -0.372 e. The zero-order valence-corrected chi connectivity index (χ0v) is 11.3. The lowest BCUT2D eigenvalue weighted by molar-refractivity contribution is -0.131. The number of hydrogen-bond donors (Lipinski definition) is 2. The summed E-state index contributed by atoms with van der Waals surface area (Å²) in [6.45, 7) is 2.47. The van der Waals surface area contributed by atoms with Crippen molar-refractivity contribution in [2.45, 2.75) is 19.4 Å². The molecule has 19 heavy (non-hydrogen) atoms. The number of carbonyl (C=O) groups is 2.